The van der Waals surface area contributed by atoms with Gasteiger partial charge in [0, 0.05) is 27.6 Å². The molecule has 1 N–H and O–H groups in total. The number of thioether (sulfide) groups is 1. The highest BCUT2D eigenvalue weighted by atomic mass is 35.5. The van der Waals surface area contributed by atoms with E-state index >= 15 is 0 Å². The van der Waals surface area contributed by atoms with Gasteiger partial charge in [-0.3, -0.25) is 9.59 Å². The Hall–Kier alpha value is -3.16. The molecule has 0 saturated carbocycles. The van der Waals surface area contributed by atoms with E-state index in [2.05, 4.69) is 19.2 Å². The third-order valence-electron chi connectivity index (χ3n) is 5.10. The summed E-state index contributed by atoms with van der Waals surface area (Å²) in [4.78, 5) is 24.6. The van der Waals surface area contributed by atoms with E-state index in [4.69, 9.17) is 25.8 Å². The van der Waals surface area contributed by atoms with Gasteiger partial charge in [-0.05, 0) is 72.3 Å². The summed E-state index contributed by atoms with van der Waals surface area (Å²) >= 11 is 7.69. The van der Waals surface area contributed by atoms with Gasteiger partial charge >= 0.3 is 5.97 Å². The molecule has 0 unspecified atom stereocenters. The van der Waals surface area contributed by atoms with Crippen LogP contribution in [0.4, 0.5) is 5.69 Å². The van der Waals surface area contributed by atoms with E-state index in [9.17, 15) is 9.59 Å². The standard InChI is InChI=1S/C28H30ClNO5S/c1-5-34-27(31)15-19-6-12-25(33-4)26(14-19)35-24-13-11-23(16-21(24)17-36-18(2)3)30-28(32)20-7-9-22(29)10-8-20/h6-14,16,18H,5,15,17H2,1-4H3,(H,30,32). The second-order valence-corrected chi connectivity index (χ2v) is 10.2. The molecule has 0 saturated heterocycles. The molecule has 0 aliphatic heterocycles. The molecule has 6 nitrogen and oxygen atoms in total. The summed E-state index contributed by atoms with van der Waals surface area (Å²) < 4.78 is 16.8. The molecule has 3 aromatic carbocycles. The fourth-order valence-electron chi connectivity index (χ4n) is 3.34. The van der Waals surface area contributed by atoms with Crippen LogP contribution in [0.25, 0.3) is 0 Å². The summed E-state index contributed by atoms with van der Waals surface area (Å²) in [5.74, 6) is 1.83. The van der Waals surface area contributed by atoms with Crippen LogP contribution in [0, 0.1) is 0 Å². The monoisotopic (exact) mass is 527 g/mol. The van der Waals surface area contributed by atoms with Gasteiger partial charge in [-0.2, -0.15) is 11.8 Å². The molecule has 0 radical (unpaired) electrons. The summed E-state index contributed by atoms with van der Waals surface area (Å²) in [5, 5.41) is 3.92. The van der Waals surface area contributed by atoms with Gasteiger partial charge in [0.1, 0.15) is 5.75 Å². The molecule has 0 aliphatic carbocycles. The topological polar surface area (TPSA) is 73.9 Å². The molecular formula is C28H30ClNO5S. The molecular weight excluding hydrogens is 498 g/mol. The highest BCUT2D eigenvalue weighted by Crippen LogP contribution is 2.37. The maximum atomic E-state index is 12.7. The molecule has 190 valence electrons. The molecule has 0 atom stereocenters. The predicted octanol–water partition coefficient (Wildman–Crippen LogP) is 7.14. The van der Waals surface area contributed by atoms with Crippen molar-refractivity contribution in [3.05, 3.63) is 82.4 Å². The van der Waals surface area contributed by atoms with Crippen LogP contribution in [0.5, 0.6) is 17.2 Å². The van der Waals surface area contributed by atoms with Crippen molar-refractivity contribution in [1.29, 1.82) is 0 Å². The van der Waals surface area contributed by atoms with E-state index < -0.39 is 0 Å². The number of nitrogens with one attached hydrogen (secondary N) is 1. The molecule has 36 heavy (non-hydrogen) atoms. The van der Waals surface area contributed by atoms with Crippen LogP contribution in [0.3, 0.4) is 0 Å². The number of carbonyl (C=O) groups is 2. The van der Waals surface area contributed by atoms with E-state index in [0.717, 1.165) is 11.1 Å². The zero-order chi connectivity index (χ0) is 26.1. The van der Waals surface area contributed by atoms with Gasteiger partial charge in [-0.15, -0.1) is 0 Å². The molecule has 3 rings (SSSR count). The lowest BCUT2D eigenvalue weighted by Gasteiger charge is -2.17. The first-order valence-electron chi connectivity index (χ1n) is 11.6. The normalized spacial score (nSPS) is 10.7. The number of methoxy groups -OCH3 is 1. The number of hydrogen-bond donors (Lipinski definition) is 1. The predicted molar refractivity (Wildman–Crippen MR) is 146 cm³/mol. The summed E-state index contributed by atoms with van der Waals surface area (Å²) in [7, 11) is 1.57. The Morgan fingerprint density at radius 2 is 1.69 bits per heavy atom. The number of benzene rings is 3. The van der Waals surface area contributed by atoms with E-state index in [1.54, 1.807) is 68.3 Å². The number of amides is 1. The van der Waals surface area contributed by atoms with Gasteiger partial charge in [0.05, 0.1) is 20.1 Å². The molecule has 0 bridgehead atoms. The van der Waals surface area contributed by atoms with E-state index in [-0.39, 0.29) is 18.3 Å². The summed E-state index contributed by atoms with van der Waals surface area (Å²) in [6.07, 6.45) is 0.139. The van der Waals surface area contributed by atoms with Gasteiger partial charge in [0.2, 0.25) is 0 Å². The number of ether oxygens (including phenoxy) is 3. The van der Waals surface area contributed by atoms with E-state index in [1.165, 1.54) is 0 Å². The first kappa shape index (κ1) is 27.4. The molecule has 0 fully saturated rings. The first-order valence-corrected chi connectivity index (χ1v) is 13.0. The van der Waals surface area contributed by atoms with Crippen molar-refractivity contribution >= 4 is 40.9 Å². The molecule has 1 amide bonds. The average Bonchev–Trinajstić information content (AvgIpc) is 2.84. The number of anilines is 1. The third kappa shape index (κ3) is 7.93. The number of esters is 1. The SMILES string of the molecule is CCOC(=O)Cc1ccc(OC)c(Oc2ccc(NC(=O)c3ccc(Cl)cc3)cc2CSC(C)C)c1. The Morgan fingerprint density at radius 3 is 2.36 bits per heavy atom. The average molecular weight is 528 g/mol. The van der Waals surface area contributed by atoms with Crippen LogP contribution in [-0.2, 0) is 21.7 Å². The van der Waals surface area contributed by atoms with Gasteiger partial charge in [0.15, 0.2) is 11.5 Å². The molecule has 0 spiro atoms. The Bertz CT molecular complexity index is 1200. The van der Waals surface area contributed by atoms with E-state index in [1.807, 2.05) is 18.2 Å². The smallest absolute Gasteiger partial charge is 0.310 e. The van der Waals surface area contributed by atoms with Crippen LogP contribution in [0.15, 0.2) is 60.7 Å². The number of rotatable bonds is 11. The fraction of sp³-hybridized carbons (Fsp3) is 0.286. The number of carbonyl (C=O) groups excluding carboxylic acids is 2. The summed E-state index contributed by atoms with van der Waals surface area (Å²) in [6, 6.07) is 17.6. The van der Waals surface area contributed by atoms with E-state index in [0.29, 0.717) is 51.1 Å². The van der Waals surface area contributed by atoms with Crippen molar-refractivity contribution in [2.75, 3.05) is 19.0 Å². The van der Waals surface area contributed by atoms with Crippen molar-refractivity contribution in [2.45, 2.75) is 38.2 Å². The van der Waals surface area contributed by atoms with Crippen LogP contribution in [-0.4, -0.2) is 30.8 Å². The third-order valence-corrected chi connectivity index (χ3v) is 6.49. The maximum absolute atomic E-state index is 12.7. The van der Waals surface area contributed by atoms with Crippen molar-refractivity contribution in [3.8, 4) is 17.2 Å². The maximum Gasteiger partial charge on any atom is 0.310 e. The van der Waals surface area contributed by atoms with Gasteiger partial charge in [-0.25, -0.2) is 0 Å². The van der Waals surface area contributed by atoms with Crippen LogP contribution < -0.4 is 14.8 Å². The molecule has 8 heteroatoms. The molecule has 0 heterocycles. The molecule has 0 aliphatic rings. The van der Waals surface area contributed by atoms with Crippen LogP contribution in [0.2, 0.25) is 5.02 Å². The van der Waals surface area contributed by atoms with Crippen molar-refractivity contribution in [2.24, 2.45) is 0 Å². The van der Waals surface area contributed by atoms with Gasteiger partial charge in [0.25, 0.3) is 5.91 Å². The van der Waals surface area contributed by atoms with Gasteiger partial charge in [-0.1, -0.05) is 31.5 Å². The lowest BCUT2D eigenvalue weighted by Crippen LogP contribution is -2.12. The minimum absolute atomic E-state index is 0.139. The molecule has 3 aromatic rings. The van der Waals surface area contributed by atoms with Gasteiger partial charge < -0.3 is 19.5 Å². The second kappa shape index (κ2) is 13.2. The minimum Gasteiger partial charge on any atom is -0.493 e. The Morgan fingerprint density at radius 1 is 0.972 bits per heavy atom. The molecule has 0 aromatic heterocycles. The van der Waals surface area contributed by atoms with Crippen molar-refractivity contribution in [1.82, 2.24) is 0 Å². The van der Waals surface area contributed by atoms with Crippen molar-refractivity contribution < 1.29 is 23.8 Å². The summed E-state index contributed by atoms with van der Waals surface area (Å²) in [6.45, 7) is 6.35. The highest BCUT2D eigenvalue weighted by Gasteiger charge is 2.15. The second-order valence-electron chi connectivity index (χ2n) is 8.21. The van der Waals surface area contributed by atoms with Crippen molar-refractivity contribution in [3.63, 3.8) is 0 Å². The Kier molecular flexibility index (Phi) is 10.1. The highest BCUT2D eigenvalue weighted by molar-refractivity contribution is 7.99. The Labute approximate surface area is 221 Å². The number of halogens is 1. The fourth-order valence-corrected chi connectivity index (χ4v) is 4.20. The zero-order valence-electron chi connectivity index (χ0n) is 20.8. The minimum atomic E-state index is -0.302. The Balaban J connectivity index is 1.87. The summed E-state index contributed by atoms with van der Waals surface area (Å²) in [5.41, 5.74) is 2.85. The van der Waals surface area contributed by atoms with Crippen LogP contribution >= 0.6 is 23.4 Å². The lowest BCUT2D eigenvalue weighted by atomic mass is 10.1. The number of hydrogen-bond acceptors (Lipinski definition) is 6. The first-order chi connectivity index (χ1) is 17.3. The van der Waals surface area contributed by atoms with Crippen LogP contribution in [0.1, 0.15) is 42.3 Å². The lowest BCUT2D eigenvalue weighted by molar-refractivity contribution is -0.142. The zero-order valence-corrected chi connectivity index (χ0v) is 22.4. The largest absolute Gasteiger partial charge is 0.493 e. The quantitative estimate of drug-likeness (QED) is 0.267.